The number of ether oxygens (including phenoxy) is 1. The van der Waals surface area contributed by atoms with Crippen LogP contribution in [0.2, 0.25) is 0 Å². The van der Waals surface area contributed by atoms with Gasteiger partial charge in [-0.2, -0.15) is 0 Å². The third kappa shape index (κ3) is 5.57. The SMILES string of the molecule is CC=Cc1cnc2c(c1)C(=O)N([C@H](C)CO)C[C@@H](C)[C@@H](CN(C)C(=O)c1cccc(F)c1)O2. The third-order valence-corrected chi connectivity index (χ3v) is 5.77. The van der Waals surface area contributed by atoms with Crippen molar-refractivity contribution in [3.63, 3.8) is 0 Å². The van der Waals surface area contributed by atoms with E-state index in [1.165, 1.54) is 23.1 Å². The van der Waals surface area contributed by atoms with Crippen LogP contribution in [-0.2, 0) is 0 Å². The molecule has 0 aliphatic carbocycles. The number of amides is 2. The Morgan fingerprint density at radius 3 is 2.85 bits per heavy atom. The predicted octanol–water partition coefficient (Wildman–Crippen LogP) is 3.25. The maximum Gasteiger partial charge on any atom is 0.259 e. The number of aliphatic hydroxyl groups is 1. The molecule has 0 spiro atoms. The lowest BCUT2D eigenvalue weighted by molar-refractivity contribution is 0.0313. The number of carbonyl (C=O) groups excluding carboxylic acids is 2. The molecule has 0 unspecified atom stereocenters. The quantitative estimate of drug-likeness (QED) is 0.723. The molecule has 2 heterocycles. The van der Waals surface area contributed by atoms with Gasteiger partial charge in [0.2, 0.25) is 5.88 Å². The molecule has 176 valence electrons. The Morgan fingerprint density at radius 2 is 2.18 bits per heavy atom. The van der Waals surface area contributed by atoms with E-state index in [-0.39, 0.29) is 42.3 Å². The summed E-state index contributed by atoms with van der Waals surface area (Å²) < 4.78 is 19.8. The van der Waals surface area contributed by atoms with E-state index in [0.717, 1.165) is 5.56 Å². The number of hydrogen-bond donors (Lipinski definition) is 1. The van der Waals surface area contributed by atoms with Crippen LogP contribution in [0.25, 0.3) is 6.08 Å². The number of carbonyl (C=O) groups is 2. The van der Waals surface area contributed by atoms with Gasteiger partial charge >= 0.3 is 0 Å². The number of nitrogens with zero attached hydrogens (tertiary/aromatic N) is 3. The molecule has 1 N–H and O–H groups in total. The highest BCUT2D eigenvalue weighted by molar-refractivity contribution is 5.97. The third-order valence-electron chi connectivity index (χ3n) is 5.77. The van der Waals surface area contributed by atoms with E-state index in [2.05, 4.69) is 4.98 Å². The molecular formula is C25H30FN3O4. The van der Waals surface area contributed by atoms with Crippen LogP contribution in [0, 0.1) is 11.7 Å². The van der Waals surface area contributed by atoms with Gasteiger partial charge in [-0.05, 0) is 43.7 Å². The summed E-state index contributed by atoms with van der Waals surface area (Å²) in [6, 6.07) is 6.86. The topological polar surface area (TPSA) is 83.0 Å². The summed E-state index contributed by atoms with van der Waals surface area (Å²) in [4.78, 5) is 33.6. The monoisotopic (exact) mass is 455 g/mol. The molecule has 0 saturated carbocycles. The first kappa shape index (κ1) is 24.4. The smallest absolute Gasteiger partial charge is 0.259 e. The second kappa shape index (κ2) is 10.6. The standard InChI is InChI=1S/C25H30FN3O4/c1-5-7-18-10-21-23(27-12-18)33-22(16(2)13-29(25(21)32)17(3)15-30)14-28(4)24(31)19-8-6-9-20(26)11-19/h5-12,16-17,22,30H,13-15H2,1-4H3/t16-,17-,22-/m1/s1. The van der Waals surface area contributed by atoms with Gasteiger partial charge in [-0.3, -0.25) is 9.59 Å². The number of benzene rings is 1. The van der Waals surface area contributed by atoms with E-state index >= 15 is 0 Å². The zero-order valence-corrected chi connectivity index (χ0v) is 19.4. The Kier molecular flexibility index (Phi) is 7.81. The van der Waals surface area contributed by atoms with Gasteiger partial charge in [-0.25, -0.2) is 9.37 Å². The van der Waals surface area contributed by atoms with Gasteiger partial charge in [0.15, 0.2) is 0 Å². The van der Waals surface area contributed by atoms with Crippen LogP contribution in [0.1, 0.15) is 47.1 Å². The highest BCUT2D eigenvalue weighted by atomic mass is 19.1. The Labute approximate surface area is 193 Å². The molecular weight excluding hydrogens is 425 g/mol. The van der Waals surface area contributed by atoms with Gasteiger partial charge in [-0.15, -0.1) is 0 Å². The van der Waals surface area contributed by atoms with Crippen LogP contribution in [0.5, 0.6) is 5.88 Å². The van der Waals surface area contributed by atoms with Gasteiger partial charge in [0.05, 0.1) is 19.2 Å². The van der Waals surface area contributed by atoms with Crippen molar-refractivity contribution in [1.82, 2.24) is 14.8 Å². The lowest BCUT2D eigenvalue weighted by Gasteiger charge is -2.37. The minimum atomic E-state index is -0.480. The minimum absolute atomic E-state index is 0.170. The summed E-state index contributed by atoms with van der Waals surface area (Å²) in [7, 11) is 1.63. The lowest BCUT2D eigenvalue weighted by Crippen LogP contribution is -2.50. The zero-order valence-electron chi connectivity index (χ0n) is 19.4. The first-order valence-corrected chi connectivity index (χ1v) is 11.0. The average Bonchev–Trinajstić information content (AvgIpc) is 2.80. The van der Waals surface area contributed by atoms with Crippen molar-refractivity contribution >= 4 is 17.9 Å². The molecule has 1 aromatic carbocycles. The second-order valence-corrected chi connectivity index (χ2v) is 8.44. The fourth-order valence-corrected chi connectivity index (χ4v) is 3.81. The van der Waals surface area contributed by atoms with Crippen LogP contribution in [0.15, 0.2) is 42.6 Å². The van der Waals surface area contributed by atoms with E-state index in [4.69, 9.17) is 4.74 Å². The number of halogens is 1. The number of hydrogen-bond acceptors (Lipinski definition) is 5. The maximum atomic E-state index is 13.6. The molecule has 3 rings (SSSR count). The van der Waals surface area contributed by atoms with Gasteiger partial charge in [-0.1, -0.05) is 25.1 Å². The molecule has 0 fully saturated rings. The number of likely N-dealkylation sites (N-methyl/N-ethyl adjacent to an activating group) is 1. The summed E-state index contributed by atoms with van der Waals surface area (Å²) in [5.74, 6) is -1.06. The van der Waals surface area contributed by atoms with Gasteiger partial charge in [0.25, 0.3) is 11.8 Å². The predicted molar refractivity (Wildman–Crippen MR) is 123 cm³/mol. The molecule has 7 nitrogen and oxygen atoms in total. The van der Waals surface area contributed by atoms with E-state index in [1.807, 2.05) is 26.0 Å². The largest absolute Gasteiger partial charge is 0.472 e. The number of allylic oxidation sites excluding steroid dienone is 1. The number of aromatic nitrogens is 1. The molecule has 2 aromatic rings. The second-order valence-electron chi connectivity index (χ2n) is 8.44. The molecule has 1 aliphatic heterocycles. The normalized spacial score (nSPS) is 19.5. The lowest BCUT2D eigenvalue weighted by atomic mass is 9.99. The summed E-state index contributed by atoms with van der Waals surface area (Å²) in [5, 5.41) is 9.74. The molecule has 1 aliphatic rings. The number of pyridine rings is 1. The van der Waals surface area contributed by atoms with Crippen molar-refractivity contribution in [2.45, 2.75) is 32.9 Å². The summed E-state index contributed by atoms with van der Waals surface area (Å²) >= 11 is 0. The molecule has 2 amide bonds. The van der Waals surface area contributed by atoms with E-state index in [9.17, 15) is 19.1 Å². The maximum absolute atomic E-state index is 13.6. The van der Waals surface area contributed by atoms with Crippen molar-refractivity contribution in [2.75, 3.05) is 26.7 Å². The Morgan fingerprint density at radius 1 is 1.42 bits per heavy atom. The van der Waals surface area contributed by atoms with Gasteiger partial charge in [0.1, 0.15) is 17.5 Å². The van der Waals surface area contributed by atoms with E-state index < -0.39 is 18.0 Å². The van der Waals surface area contributed by atoms with E-state index in [0.29, 0.717) is 12.1 Å². The molecule has 8 heteroatoms. The average molecular weight is 456 g/mol. The zero-order chi connectivity index (χ0) is 24.1. The fourth-order valence-electron chi connectivity index (χ4n) is 3.81. The number of rotatable bonds is 6. The van der Waals surface area contributed by atoms with Gasteiger partial charge < -0.3 is 19.6 Å². The minimum Gasteiger partial charge on any atom is -0.472 e. The van der Waals surface area contributed by atoms with Crippen LogP contribution < -0.4 is 4.74 Å². The Balaban J connectivity index is 1.93. The number of aliphatic hydroxyl groups excluding tert-OH is 1. The summed E-state index contributed by atoms with van der Waals surface area (Å²) in [6.07, 6.45) is 4.83. The Bertz CT molecular complexity index is 1040. The van der Waals surface area contributed by atoms with Crippen LogP contribution in [0.3, 0.4) is 0 Å². The molecule has 1 aromatic heterocycles. The van der Waals surface area contributed by atoms with Crippen LogP contribution in [0.4, 0.5) is 4.39 Å². The molecule has 0 radical (unpaired) electrons. The molecule has 3 atom stereocenters. The molecule has 33 heavy (non-hydrogen) atoms. The molecule has 0 saturated heterocycles. The number of fused-ring (bicyclic) bond motifs is 1. The van der Waals surface area contributed by atoms with Crippen molar-refractivity contribution in [3.05, 3.63) is 65.1 Å². The van der Waals surface area contributed by atoms with Crippen LogP contribution >= 0.6 is 0 Å². The fraction of sp³-hybridized carbons (Fsp3) is 0.400. The summed E-state index contributed by atoms with van der Waals surface area (Å²) in [5.41, 5.74) is 1.31. The van der Waals surface area contributed by atoms with Gasteiger partial charge in [0, 0.05) is 31.3 Å². The Hall–Kier alpha value is -3.26. The first-order valence-electron chi connectivity index (χ1n) is 11.0. The van der Waals surface area contributed by atoms with Crippen molar-refractivity contribution in [3.8, 4) is 5.88 Å². The van der Waals surface area contributed by atoms with E-state index in [1.54, 1.807) is 37.2 Å². The highest BCUT2D eigenvalue weighted by Gasteiger charge is 2.34. The van der Waals surface area contributed by atoms with Crippen molar-refractivity contribution in [1.29, 1.82) is 0 Å². The first-order chi connectivity index (χ1) is 15.7. The highest BCUT2D eigenvalue weighted by Crippen LogP contribution is 2.28. The summed E-state index contributed by atoms with van der Waals surface area (Å²) in [6.45, 7) is 5.95. The van der Waals surface area contributed by atoms with Crippen molar-refractivity contribution in [2.24, 2.45) is 5.92 Å². The van der Waals surface area contributed by atoms with Crippen LogP contribution in [-0.4, -0.2) is 70.6 Å². The van der Waals surface area contributed by atoms with Crippen molar-refractivity contribution < 1.29 is 23.8 Å². The molecule has 0 bridgehead atoms.